The number of ether oxygens (including phenoxy) is 1. The van der Waals surface area contributed by atoms with Gasteiger partial charge in [0.05, 0.1) is 9.89 Å². The van der Waals surface area contributed by atoms with Crippen molar-refractivity contribution in [1.82, 2.24) is 0 Å². The molecule has 3 heteroatoms. The predicted molar refractivity (Wildman–Crippen MR) is 63.3 cm³/mol. The van der Waals surface area contributed by atoms with Crippen LogP contribution >= 0.6 is 27.3 Å². The second-order valence-corrected chi connectivity index (χ2v) is 4.73. The van der Waals surface area contributed by atoms with Crippen molar-refractivity contribution < 1.29 is 4.74 Å². The molecule has 0 aliphatic carbocycles. The molecule has 0 fully saturated rings. The summed E-state index contributed by atoms with van der Waals surface area (Å²) >= 11 is 5.14. The highest BCUT2D eigenvalue weighted by molar-refractivity contribution is 9.11. The van der Waals surface area contributed by atoms with Gasteiger partial charge in [0, 0.05) is 11.5 Å². The lowest BCUT2D eigenvalue weighted by atomic mass is 10.3. The highest BCUT2D eigenvalue weighted by atomic mass is 79.9. The van der Waals surface area contributed by atoms with Crippen LogP contribution in [0.3, 0.4) is 0 Å². The molecule has 1 rings (SSSR count). The molecule has 1 unspecified atom stereocenters. The number of hydrogen-bond acceptors (Lipinski definition) is 2. The van der Waals surface area contributed by atoms with Crippen LogP contribution in [0.25, 0.3) is 0 Å². The van der Waals surface area contributed by atoms with Crippen LogP contribution in [0.1, 0.15) is 24.8 Å². The summed E-state index contributed by atoms with van der Waals surface area (Å²) in [6.45, 7) is 10.9. The largest absolute Gasteiger partial charge is 0.373 e. The van der Waals surface area contributed by atoms with Gasteiger partial charge in [0.2, 0.25) is 0 Å². The van der Waals surface area contributed by atoms with Gasteiger partial charge in [-0.25, -0.2) is 0 Å². The van der Waals surface area contributed by atoms with Gasteiger partial charge in [0.1, 0.15) is 0 Å². The van der Waals surface area contributed by atoms with Crippen LogP contribution in [0, 0.1) is 0 Å². The summed E-state index contributed by atoms with van der Waals surface area (Å²) in [5.74, 6) is 0. The third-order valence-corrected chi connectivity index (χ3v) is 3.20. The van der Waals surface area contributed by atoms with Crippen LogP contribution in [0.2, 0.25) is 0 Å². The molecule has 0 saturated carbocycles. The molecular formula is C10H15BrOS. The van der Waals surface area contributed by atoms with Crippen LogP contribution in [-0.4, -0.2) is 6.61 Å². The molecule has 1 heterocycles. The lowest BCUT2D eigenvalue weighted by Gasteiger charge is -2.07. The smallest absolute Gasteiger partial charge is 0.0888 e. The fraction of sp³-hybridized carbons (Fsp3) is 0.400. The van der Waals surface area contributed by atoms with Gasteiger partial charge < -0.3 is 4.74 Å². The monoisotopic (exact) mass is 262 g/mol. The average molecular weight is 263 g/mol. The van der Waals surface area contributed by atoms with Crippen LogP contribution < -0.4 is 0 Å². The van der Waals surface area contributed by atoms with E-state index < -0.39 is 0 Å². The Bertz CT molecular complexity index is 235. The SMILES string of the molecule is C=C.CCOC(C)c1ccc(Br)s1. The fourth-order valence-electron chi connectivity index (χ4n) is 0.879. The fourth-order valence-corrected chi connectivity index (χ4v) is 2.30. The van der Waals surface area contributed by atoms with Gasteiger partial charge in [-0.05, 0) is 41.9 Å². The topological polar surface area (TPSA) is 9.23 Å². The normalized spacial score (nSPS) is 11.6. The predicted octanol–water partition coefficient (Wildman–Crippen LogP) is 4.41. The van der Waals surface area contributed by atoms with Crippen molar-refractivity contribution in [2.45, 2.75) is 20.0 Å². The number of thiophene rings is 1. The molecule has 1 atom stereocenters. The van der Waals surface area contributed by atoms with Gasteiger partial charge in [0.25, 0.3) is 0 Å². The van der Waals surface area contributed by atoms with E-state index in [1.807, 2.05) is 6.92 Å². The van der Waals surface area contributed by atoms with E-state index in [4.69, 9.17) is 4.74 Å². The molecule has 0 bridgehead atoms. The number of halogens is 1. The van der Waals surface area contributed by atoms with Crippen molar-refractivity contribution in [1.29, 1.82) is 0 Å². The Balaban J connectivity index is 0.000000671. The van der Waals surface area contributed by atoms with E-state index >= 15 is 0 Å². The molecular weight excluding hydrogens is 248 g/mol. The molecule has 0 amide bonds. The zero-order chi connectivity index (χ0) is 10.3. The first-order chi connectivity index (χ1) is 6.24. The second kappa shape index (κ2) is 7.30. The van der Waals surface area contributed by atoms with Gasteiger partial charge >= 0.3 is 0 Å². The van der Waals surface area contributed by atoms with Gasteiger partial charge in [-0.2, -0.15) is 0 Å². The Kier molecular flexibility index (Phi) is 7.23. The van der Waals surface area contributed by atoms with Crippen molar-refractivity contribution in [2.24, 2.45) is 0 Å². The van der Waals surface area contributed by atoms with Crippen LogP contribution in [0.15, 0.2) is 29.1 Å². The molecule has 0 spiro atoms. The first-order valence-electron chi connectivity index (χ1n) is 4.11. The van der Waals surface area contributed by atoms with Gasteiger partial charge in [0.15, 0.2) is 0 Å². The summed E-state index contributed by atoms with van der Waals surface area (Å²) in [5.41, 5.74) is 0. The van der Waals surface area contributed by atoms with Crippen molar-refractivity contribution in [3.63, 3.8) is 0 Å². The minimum atomic E-state index is 0.233. The van der Waals surface area contributed by atoms with E-state index in [0.29, 0.717) is 0 Å². The Hall–Kier alpha value is -0.120. The first-order valence-corrected chi connectivity index (χ1v) is 5.71. The molecule has 0 saturated heterocycles. The Morgan fingerprint density at radius 1 is 1.54 bits per heavy atom. The van der Waals surface area contributed by atoms with Crippen LogP contribution in [-0.2, 0) is 4.74 Å². The van der Waals surface area contributed by atoms with E-state index in [0.717, 1.165) is 6.61 Å². The summed E-state index contributed by atoms with van der Waals surface area (Å²) in [4.78, 5) is 1.28. The van der Waals surface area contributed by atoms with E-state index in [9.17, 15) is 0 Å². The summed E-state index contributed by atoms with van der Waals surface area (Å²) in [5, 5.41) is 0. The molecule has 1 nitrogen and oxygen atoms in total. The molecule has 13 heavy (non-hydrogen) atoms. The van der Waals surface area contributed by atoms with Gasteiger partial charge in [-0.3, -0.25) is 0 Å². The van der Waals surface area contributed by atoms with E-state index in [2.05, 4.69) is 48.1 Å². The lowest BCUT2D eigenvalue weighted by Crippen LogP contribution is -1.95. The Labute approximate surface area is 92.6 Å². The van der Waals surface area contributed by atoms with E-state index in [1.165, 1.54) is 8.66 Å². The molecule has 0 aliphatic heterocycles. The third kappa shape index (κ3) is 4.60. The maximum atomic E-state index is 5.43. The van der Waals surface area contributed by atoms with Crippen molar-refractivity contribution in [2.75, 3.05) is 6.61 Å². The average Bonchev–Trinajstić information content (AvgIpc) is 2.56. The summed E-state index contributed by atoms with van der Waals surface area (Å²) in [7, 11) is 0. The minimum Gasteiger partial charge on any atom is -0.373 e. The number of hydrogen-bond donors (Lipinski definition) is 0. The molecule has 0 aromatic carbocycles. The highest BCUT2D eigenvalue weighted by Crippen LogP contribution is 2.28. The molecule has 1 aromatic heterocycles. The molecule has 0 N–H and O–H groups in total. The quantitative estimate of drug-likeness (QED) is 0.734. The van der Waals surface area contributed by atoms with Crippen molar-refractivity contribution in [3.8, 4) is 0 Å². The highest BCUT2D eigenvalue weighted by Gasteiger charge is 2.06. The Morgan fingerprint density at radius 2 is 2.15 bits per heavy atom. The maximum absolute atomic E-state index is 5.43. The lowest BCUT2D eigenvalue weighted by molar-refractivity contribution is 0.0789. The second-order valence-electron chi connectivity index (χ2n) is 2.24. The zero-order valence-electron chi connectivity index (χ0n) is 8.05. The molecule has 0 radical (unpaired) electrons. The van der Waals surface area contributed by atoms with Gasteiger partial charge in [-0.1, -0.05) is 0 Å². The first kappa shape index (κ1) is 12.9. The van der Waals surface area contributed by atoms with Crippen molar-refractivity contribution in [3.05, 3.63) is 34.0 Å². The maximum Gasteiger partial charge on any atom is 0.0888 e. The van der Waals surface area contributed by atoms with Gasteiger partial charge in [-0.15, -0.1) is 24.5 Å². The summed E-state index contributed by atoms with van der Waals surface area (Å²) < 4.78 is 6.60. The summed E-state index contributed by atoms with van der Waals surface area (Å²) in [6, 6.07) is 4.14. The summed E-state index contributed by atoms with van der Waals surface area (Å²) in [6.07, 6.45) is 0.233. The molecule has 0 aliphatic rings. The standard InChI is InChI=1S/C8H11BrOS.C2H4/c1-3-10-6(2)7-4-5-8(9)11-7;1-2/h4-6H,3H2,1-2H3;1-2H2. The van der Waals surface area contributed by atoms with Crippen LogP contribution in [0.4, 0.5) is 0 Å². The van der Waals surface area contributed by atoms with E-state index in [1.54, 1.807) is 11.3 Å². The molecule has 1 aromatic rings. The van der Waals surface area contributed by atoms with Crippen molar-refractivity contribution >= 4 is 27.3 Å². The van der Waals surface area contributed by atoms with Crippen LogP contribution in [0.5, 0.6) is 0 Å². The Morgan fingerprint density at radius 3 is 2.54 bits per heavy atom. The molecule has 74 valence electrons. The minimum absolute atomic E-state index is 0.233. The van der Waals surface area contributed by atoms with E-state index in [-0.39, 0.29) is 6.10 Å². The number of rotatable bonds is 3. The third-order valence-electron chi connectivity index (χ3n) is 1.41. The zero-order valence-corrected chi connectivity index (χ0v) is 10.5.